The van der Waals surface area contributed by atoms with Crippen molar-refractivity contribution in [3.63, 3.8) is 0 Å². The van der Waals surface area contributed by atoms with Crippen molar-refractivity contribution in [1.82, 2.24) is 10.6 Å². The van der Waals surface area contributed by atoms with Crippen LogP contribution in [0.2, 0.25) is 4.34 Å². The number of nitrogens with zero attached hydrogens (tertiary/aromatic N) is 1. The highest BCUT2D eigenvalue weighted by atomic mass is 35.5. The highest BCUT2D eigenvalue weighted by Crippen LogP contribution is 2.29. The molecule has 3 atom stereocenters. The molecule has 0 bridgehead atoms. The molecular formula is C12H18ClN3OS. The molecule has 1 saturated carbocycles. The molecule has 1 aliphatic carbocycles. The molecule has 0 aliphatic heterocycles. The largest absolute Gasteiger partial charge is 0.386 e. The second-order valence-electron chi connectivity index (χ2n) is 4.57. The number of guanidine groups is 1. The van der Waals surface area contributed by atoms with Crippen LogP contribution in [-0.2, 0) is 0 Å². The summed E-state index contributed by atoms with van der Waals surface area (Å²) in [4.78, 5) is 5.00. The minimum absolute atomic E-state index is 0.428. The zero-order valence-corrected chi connectivity index (χ0v) is 12.1. The molecule has 1 aliphatic rings. The summed E-state index contributed by atoms with van der Waals surface area (Å²) >= 11 is 7.24. The van der Waals surface area contributed by atoms with Crippen LogP contribution in [0, 0.1) is 5.92 Å². The number of rotatable bonds is 4. The molecule has 1 heterocycles. The van der Waals surface area contributed by atoms with E-state index in [1.807, 2.05) is 6.07 Å². The van der Waals surface area contributed by atoms with E-state index < -0.39 is 6.10 Å². The summed E-state index contributed by atoms with van der Waals surface area (Å²) in [5.41, 5.74) is 0. The van der Waals surface area contributed by atoms with Gasteiger partial charge in [0.25, 0.3) is 0 Å². The zero-order chi connectivity index (χ0) is 13.1. The Morgan fingerprint density at radius 2 is 2.39 bits per heavy atom. The topological polar surface area (TPSA) is 56.7 Å². The first-order valence-electron chi connectivity index (χ1n) is 6.00. The lowest BCUT2D eigenvalue weighted by atomic mass is 10.3. The van der Waals surface area contributed by atoms with Gasteiger partial charge in [-0.1, -0.05) is 18.5 Å². The van der Waals surface area contributed by atoms with E-state index in [4.69, 9.17) is 11.6 Å². The number of aliphatic hydroxyl groups is 1. The van der Waals surface area contributed by atoms with Crippen molar-refractivity contribution in [2.45, 2.75) is 25.5 Å². The van der Waals surface area contributed by atoms with E-state index in [-0.39, 0.29) is 0 Å². The lowest BCUT2D eigenvalue weighted by Crippen LogP contribution is -2.40. The quantitative estimate of drug-likeness (QED) is 0.586. The van der Waals surface area contributed by atoms with Crippen LogP contribution < -0.4 is 10.6 Å². The van der Waals surface area contributed by atoms with Crippen molar-refractivity contribution in [3.8, 4) is 0 Å². The van der Waals surface area contributed by atoms with Gasteiger partial charge < -0.3 is 15.7 Å². The van der Waals surface area contributed by atoms with Gasteiger partial charge in [-0.2, -0.15) is 0 Å². The van der Waals surface area contributed by atoms with E-state index in [0.717, 1.165) is 10.8 Å². The second-order valence-corrected chi connectivity index (χ2v) is 6.32. The number of nitrogens with one attached hydrogen (secondary N) is 2. The van der Waals surface area contributed by atoms with Gasteiger partial charge in [-0.15, -0.1) is 11.3 Å². The van der Waals surface area contributed by atoms with Gasteiger partial charge in [0.2, 0.25) is 0 Å². The minimum Gasteiger partial charge on any atom is -0.386 e. The summed E-state index contributed by atoms with van der Waals surface area (Å²) in [6.07, 6.45) is 0.627. The predicted octanol–water partition coefficient (Wildman–Crippen LogP) is 2.01. The molecule has 18 heavy (non-hydrogen) atoms. The van der Waals surface area contributed by atoms with Gasteiger partial charge in [-0.25, -0.2) is 0 Å². The first-order chi connectivity index (χ1) is 8.60. The number of hydrogen-bond donors (Lipinski definition) is 3. The lowest BCUT2D eigenvalue weighted by Gasteiger charge is -2.14. The first kappa shape index (κ1) is 13.6. The third-order valence-corrected chi connectivity index (χ3v) is 4.37. The van der Waals surface area contributed by atoms with Crippen LogP contribution >= 0.6 is 22.9 Å². The second kappa shape index (κ2) is 5.91. The van der Waals surface area contributed by atoms with Gasteiger partial charge in [0, 0.05) is 24.5 Å². The average molecular weight is 288 g/mol. The minimum atomic E-state index is -0.558. The average Bonchev–Trinajstić information content (AvgIpc) is 2.86. The molecule has 3 N–H and O–H groups in total. The smallest absolute Gasteiger partial charge is 0.191 e. The van der Waals surface area contributed by atoms with E-state index in [9.17, 15) is 5.11 Å². The van der Waals surface area contributed by atoms with Crippen LogP contribution in [0.5, 0.6) is 0 Å². The van der Waals surface area contributed by atoms with E-state index in [1.54, 1.807) is 13.1 Å². The van der Waals surface area contributed by atoms with Crippen molar-refractivity contribution < 1.29 is 5.11 Å². The van der Waals surface area contributed by atoms with Gasteiger partial charge in [0.05, 0.1) is 4.34 Å². The summed E-state index contributed by atoms with van der Waals surface area (Å²) < 4.78 is 0.693. The lowest BCUT2D eigenvalue weighted by molar-refractivity contribution is 0.184. The summed E-state index contributed by atoms with van der Waals surface area (Å²) in [7, 11) is 1.73. The van der Waals surface area contributed by atoms with Crippen molar-refractivity contribution in [2.24, 2.45) is 10.9 Å². The highest BCUT2D eigenvalue weighted by molar-refractivity contribution is 7.16. The summed E-state index contributed by atoms with van der Waals surface area (Å²) in [6.45, 7) is 2.63. The molecule has 0 saturated heterocycles. The Morgan fingerprint density at radius 1 is 1.67 bits per heavy atom. The third kappa shape index (κ3) is 3.60. The molecule has 0 radical (unpaired) electrons. The Hall–Kier alpha value is -0.780. The monoisotopic (exact) mass is 287 g/mol. The fraction of sp³-hybridized carbons (Fsp3) is 0.583. The normalized spacial score (nSPS) is 24.8. The van der Waals surface area contributed by atoms with Crippen LogP contribution in [0.15, 0.2) is 17.1 Å². The van der Waals surface area contributed by atoms with Gasteiger partial charge in [-0.3, -0.25) is 4.99 Å². The molecule has 1 aromatic rings. The van der Waals surface area contributed by atoms with Crippen LogP contribution in [-0.4, -0.2) is 30.7 Å². The molecule has 3 unspecified atom stereocenters. The first-order valence-corrected chi connectivity index (χ1v) is 7.20. The maximum atomic E-state index is 9.99. The molecule has 1 aromatic heterocycles. The van der Waals surface area contributed by atoms with Crippen LogP contribution in [0.25, 0.3) is 0 Å². The number of hydrogen-bond acceptors (Lipinski definition) is 3. The maximum Gasteiger partial charge on any atom is 0.191 e. The molecule has 6 heteroatoms. The highest BCUT2D eigenvalue weighted by Gasteiger charge is 2.33. The number of aliphatic hydroxyl groups excluding tert-OH is 1. The summed E-state index contributed by atoms with van der Waals surface area (Å²) in [6, 6.07) is 4.16. The molecule has 1 fully saturated rings. The summed E-state index contributed by atoms with van der Waals surface area (Å²) in [5, 5.41) is 16.4. The zero-order valence-electron chi connectivity index (χ0n) is 10.5. The fourth-order valence-corrected chi connectivity index (χ4v) is 2.74. The molecule has 4 nitrogen and oxygen atoms in total. The predicted molar refractivity (Wildman–Crippen MR) is 76.4 cm³/mol. The third-order valence-electron chi connectivity index (χ3n) is 3.04. The maximum absolute atomic E-state index is 9.99. The Morgan fingerprint density at radius 3 is 2.89 bits per heavy atom. The van der Waals surface area contributed by atoms with Crippen molar-refractivity contribution in [1.29, 1.82) is 0 Å². The standard InChI is InChI=1S/C12H18ClN3OS/c1-7-5-8(7)16-12(14-2)15-6-9(17)10-3-4-11(13)18-10/h3-4,7-9,17H,5-6H2,1-2H3,(H2,14,15,16). The number of thiophene rings is 1. The molecule has 0 amide bonds. The number of aliphatic imine (C=N–C) groups is 1. The molecular weight excluding hydrogens is 270 g/mol. The Balaban J connectivity index is 1.79. The van der Waals surface area contributed by atoms with E-state index in [2.05, 4.69) is 22.5 Å². The van der Waals surface area contributed by atoms with E-state index >= 15 is 0 Å². The van der Waals surface area contributed by atoms with Crippen LogP contribution in [0.3, 0.4) is 0 Å². The van der Waals surface area contributed by atoms with Gasteiger partial charge in [0.15, 0.2) is 5.96 Å². The molecule has 2 rings (SSSR count). The Bertz CT molecular complexity index is 435. The van der Waals surface area contributed by atoms with Crippen molar-refractivity contribution in [3.05, 3.63) is 21.3 Å². The fourth-order valence-electron chi connectivity index (χ4n) is 1.69. The van der Waals surface area contributed by atoms with E-state index in [1.165, 1.54) is 17.8 Å². The summed E-state index contributed by atoms with van der Waals surface area (Å²) in [5.74, 6) is 1.45. The van der Waals surface area contributed by atoms with Gasteiger partial charge >= 0.3 is 0 Å². The Kier molecular flexibility index (Phi) is 4.48. The van der Waals surface area contributed by atoms with E-state index in [0.29, 0.717) is 22.8 Å². The SMILES string of the molecule is CN=C(NCC(O)c1ccc(Cl)s1)NC1CC1C. The molecule has 0 spiro atoms. The Labute approximate surface area is 116 Å². The molecule has 0 aromatic carbocycles. The van der Waals surface area contributed by atoms with Gasteiger partial charge in [-0.05, 0) is 24.5 Å². The molecule has 100 valence electrons. The van der Waals surface area contributed by atoms with Crippen LogP contribution in [0.4, 0.5) is 0 Å². The van der Waals surface area contributed by atoms with Crippen LogP contribution in [0.1, 0.15) is 24.3 Å². The number of halogens is 1. The van der Waals surface area contributed by atoms with Gasteiger partial charge in [0.1, 0.15) is 6.10 Å². The van der Waals surface area contributed by atoms with Crippen molar-refractivity contribution >= 4 is 28.9 Å². The van der Waals surface area contributed by atoms with Crippen molar-refractivity contribution in [2.75, 3.05) is 13.6 Å².